The number of anilines is 1. The monoisotopic (exact) mass is 231 g/mol. The van der Waals surface area contributed by atoms with E-state index in [0.717, 1.165) is 11.0 Å². The van der Waals surface area contributed by atoms with Crippen molar-refractivity contribution < 1.29 is 23.1 Å². The number of carbonyl (C=O) groups excluding carboxylic acids is 1. The molecule has 0 unspecified atom stereocenters. The van der Waals surface area contributed by atoms with Crippen LogP contribution in [0.4, 0.5) is 18.9 Å². The molecule has 0 fully saturated rings. The SMILES string of the molecule is CN1C(=O)[C@@](O)(C(F)(F)F)c2ccccc21. The second-order valence-corrected chi connectivity index (χ2v) is 3.59. The zero-order valence-corrected chi connectivity index (χ0v) is 8.25. The van der Waals surface area contributed by atoms with Gasteiger partial charge >= 0.3 is 6.18 Å². The molecular weight excluding hydrogens is 223 g/mol. The lowest BCUT2D eigenvalue weighted by molar-refractivity contribution is -0.253. The van der Waals surface area contributed by atoms with Gasteiger partial charge in [-0.2, -0.15) is 13.2 Å². The molecule has 6 heteroatoms. The standard InChI is InChI=1S/C10H8F3NO2/c1-14-7-5-3-2-4-6(7)9(16,8(14)15)10(11,12)13/h2-5,16H,1H3/t9-/m1/s1. The van der Waals surface area contributed by atoms with E-state index in [-0.39, 0.29) is 5.69 Å². The third-order valence-electron chi connectivity index (χ3n) is 2.68. The van der Waals surface area contributed by atoms with Crippen molar-refractivity contribution in [3.63, 3.8) is 0 Å². The molecule has 86 valence electrons. The van der Waals surface area contributed by atoms with Crippen molar-refractivity contribution in [2.75, 3.05) is 11.9 Å². The highest BCUT2D eigenvalue weighted by Gasteiger charge is 2.65. The van der Waals surface area contributed by atoms with Crippen molar-refractivity contribution in [3.8, 4) is 0 Å². The van der Waals surface area contributed by atoms with Crippen molar-refractivity contribution in [1.82, 2.24) is 0 Å². The first-order chi connectivity index (χ1) is 7.30. The molecule has 1 aromatic rings. The van der Waals surface area contributed by atoms with Crippen LogP contribution in [0.25, 0.3) is 0 Å². The molecule has 0 aliphatic carbocycles. The van der Waals surface area contributed by atoms with Crippen LogP contribution in [0, 0.1) is 0 Å². The molecule has 3 nitrogen and oxygen atoms in total. The summed E-state index contributed by atoms with van der Waals surface area (Å²) >= 11 is 0. The van der Waals surface area contributed by atoms with Crippen molar-refractivity contribution in [1.29, 1.82) is 0 Å². The maximum atomic E-state index is 12.7. The molecule has 0 saturated carbocycles. The fourth-order valence-electron chi connectivity index (χ4n) is 1.81. The highest BCUT2D eigenvalue weighted by atomic mass is 19.4. The number of likely N-dealkylation sites (N-methyl/N-ethyl adjacent to an activating group) is 1. The highest BCUT2D eigenvalue weighted by Crippen LogP contribution is 2.48. The van der Waals surface area contributed by atoms with E-state index in [9.17, 15) is 23.1 Å². The Kier molecular flexibility index (Phi) is 2.03. The molecule has 1 heterocycles. The van der Waals surface area contributed by atoms with Gasteiger partial charge in [-0.15, -0.1) is 0 Å². The summed E-state index contributed by atoms with van der Waals surface area (Å²) in [6, 6.07) is 5.31. The molecule has 0 radical (unpaired) electrons. The average Bonchev–Trinajstić information content (AvgIpc) is 2.42. The third kappa shape index (κ3) is 1.10. The van der Waals surface area contributed by atoms with Crippen molar-refractivity contribution >= 4 is 11.6 Å². The van der Waals surface area contributed by atoms with Crippen molar-refractivity contribution in [2.24, 2.45) is 0 Å². The number of halogens is 3. The molecule has 0 aromatic heterocycles. The summed E-state index contributed by atoms with van der Waals surface area (Å²) in [6.45, 7) is 0. The molecule has 1 aliphatic rings. The van der Waals surface area contributed by atoms with Gasteiger partial charge in [0, 0.05) is 12.6 Å². The van der Waals surface area contributed by atoms with E-state index in [2.05, 4.69) is 0 Å². The largest absolute Gasteiger partial charge is 0.430 e. The topological polar surface area (TPSA) is 40.5 Å². The second kappa shape index (κ2) is 2.98. The van der Waals surface area contributed by atoms with Crippen LogP contribution in [-0.2, 0) is 10.4 Å². The number of hydrogen-bond acceptors (Lipinski definition) is 2. The number of alkyl halides is 3. The quantitative estimate of drug-likeness (QED) is 0.733. The van der Waals surface area contributed by atoms with Gasteiger partial charge in [0.05, 0.1) is 5.69 Å². The summed E-state index contributed by atoms with van der Waals surface area (Å²) in [7, 11) is 1.20. The lowest BCUT2D eigenvalue weighted by Gasteiger charge is -2.24. The molecule has 1 aromatic carbocycles. The lowest BCUT2D eigenvalue weighted by atomic mass is 9.95. The number of carbonyl (C=O) groups is 1. The maximum Gasteiger partial charge on any atom is 0.430 e. The molecular formula is C10H8F3NO2. The number of rotatable bonds is 0. The van der Waals surface area contributed by atoms with E-state index in [4.69, 9.17) is 0 Å². The van der Waals surface area contributed by atoms with Gasteiger partial charge in [-0.3, -0.25) is 4.79 Å². The number of amides is 1. The number of aliphatic hydroxyl groups is 1. The summed E-state index contributed by atoms with van der Waals surface area (Å²) < 4.78 is 38.2. The van der Waals surface area contributed by atoms with Crippen LogP contribution in [0.5, 0.6) is 0 Å². The van der Waals surface area contributed by atoms with Gasteiger partial charge in [-0.1, -0.05) is 18.2 Å². The fraction of sp³-hybridized carbons (Fsp3) is 0.300. The lowest BCUT2D eigenvalue weighted by Crippen LogP contribution is -2.49. The second-order valence-electron chi connectivity index (χ2n) is 3.59. The normalized spacial score (nSPS) is 24.8. The van der Waals surface area contributed by atoms with Crippen LogP contribution in [0.2, 0.25) is 0 Å². The van der Waals surface area contributed by atoms with Crippen LogP contribution in [0.1, 0.15) is 5.56 Å². The van der Waals surface area contributed by atoms with E-state index in [1.807, 2.05) is 0 Å². The minimum Gasteiger partial charge on any atom is -0.368 e. The average molecular weight is 231 g/mol. The number of hydrogen-bond donors (Lipinski definition) is 1. The number of nitrogens with zero attached hydrogens (tertiary/aromatic N) is 1. The van der Waals surface area contributed by atoms with Gasteiger partial charge in [0.1, 0.15) is 0 Å². The molecule has 0 spiro atoms. The van der Waals surface area contributed by atoms with Crippen LogP contribution >= 0.6 is 0 Å². The van der Waals surface area contributed by atoms with Crippen LogP contribution < -0.4 is 4.90 Å². The van der Waals surface area contributed by atoms with E-state index in [0.29, 0.717) is 0 Å². The number of fused-ring (bicyclic) bond motifs is 1. The molecule has 1 aliphatic heterocycles. The fourth-order valence-corrected chi connectivity index (χ4v) is 1.81. The summed E-state index contributed by atoms with van der Waals surface area (Å²) in [5.41, 5.74) is -3.76. The van der Waals surface area contributed by atoms with Crippen LogP contribution in [0.3, 0.4) is 0 Å². The Morgan fingerprint density at radius 1 is 1.31 bits per heavy atom. The summed E-state index contributed by atoms with van der Waals surface area (Å²) in [6.07, 6.45) is -5.02. The molecule has 1 N–H and O–H groups in total. The van der Waals surface area contributed by atoms with Gasteiger partial charge in [-0.25, -0.2) is 0 Å². The highest BCUT2D eigenvalue weighted by molar-refractivity contribution is 6.07. The van der Waals surface area contributed by atoms with Crippen LogP contribution in [0.15, 0.2) is 24.3 Å². The Bertz CT molecular complexity index is 458. The van der Waals surface area contributed by atoms with Crippen molar-refractivity contribution in [3.05, 3.63) is 29.8 Å². The summed E-state index contributed by atoms with van der Waals surface area (Å²) in [5, 5.41) is 9.60. The maximum absolute atomic E-state index is 12.7. The smallest absolute Gasteiger partial charge is 0.368 e. The third-order valence-corrected chi connectivity index (χ3v) is 2.68. The van der Waals surface area contributed by atoms with E-state index in [1.54, 1.807) is 0 Å². The zero-order valence-electron chi connectivity index (χ0n) is 8.25. The van der Waals surface area contributed by atoms with Crippen molar-refractivity contribution in [2.45, 2.75) is 11.8 Å². The number of para-hydroxylation sites is 1. The van der Waals surface area contributed by atoms with Gasteiger partial charge in [0.2, 0.25) is 0 Å². The van der Waals surface area contributed by atoms with Gasteiger partial charge < -0.3 is 10.0 Å². The number of benzene rings is 1. The minimum atomic E-state index is -5.02. The Hall–Kier alpha value is -1.56. The molecule has 2 rings (SSSR count). The van der Waals surface area contributed by atoms with Crippen LogP contribution in [-0.4, -0.2) is 24.2 Å². The predicted octanol–water partition coefficient (Wildman–Crippen LogP) is 1.41. The van der Waals surface area contributed by atoms with E-state index < -0.39 is 23.2 Å². The first-order valence-corrected chi connectivity index (χ1v) is 4.47. The first-order valence-electron chi connectivity index (χ1n) is 4.47. The van der Waals surface area contributed by atoms with Gasteiger partial charge in [0.25, 0.3) is 11.5 Å². The molecule has 0 bridgehead atoms. The molecule has 1 atom stereocenters. The molecule has 16 heavy (non-hydrogen) atoms. The van der Waals surface area contributed by atoms with Gasteiger partial charge in [-0.05, 0) is 6.07 Å². The van der Waals surface area contributed by atoms with E-state index >= 15 is 0 Å². The molecule has 1 amide bonds. The Balaban J connectivity index is 2.71. The summed E-state index contributed by atoms with van der Waals surface area (Å²) in [4.78, 5) is 12.3. The Labute approximate surface area is 89.1 Å². The first kappa shape index (κ1) is 10.9. The van der Waals surface area contributed by atoms with Gasteiger partial charge in [0.15, 0.2) is 0 Å². The predicted molar refractivity (Wildman–Crippen MR) is 49.8 cm³/mol. The zero-order chi connectivity index (χ0) is 12.1. The Morgan fingerprint density at radius 2 is 1.88 bits per heavy atom. The minimum absolute atomic E-state index is 0.0762. The Morgan fingerprint density at radius 3 is 2.44 bits per heavy atom. The van der Waals surface area contributed by atoms with E-state index in [1.165, 1.54) is 25.2 Å². The molecule has 0 saturated heterocycles. The summed E-state index contributed by atoms with van der Waals surface area (Å²) in [5.74, 6) is -1.37.